The molecule has 0 spiro atoms. The second-order valence-corrected chi connectivity index (χ2v) is 6.75. The van der Waals surface area contributed by atoms with Gasteiger partial charge in [-0.25, -0.2) is 4.79 Å². The van der Waals surface area contributed by atoms with Crippen molar-refractivity contribution in [1.82, 2.24) is 9.55 Å². The van der Waals surface area contributed by atoms with E-state index in [0.29, 0.717) is 9.59 Å². The van der Waals surface area contributed by atoms with Gasteiger partial charge in [0.25, 0.3) is 5.91 Å². The number of aliphatic hydroxyl groups is 2. The largest absolute Gasteiger partial charge is 0.394 e. The van der Waals surface area contributed by atoms with E-state index in [1.807, 2.05) is 0 Å². The molecular formula is C16H13Cl2F2N3O5. The van der Waals surface area contributed by atoms with Crippen molar-refractivity contribution in [3.63, 3.8) is 0 Å². The Morgan fingerprint density at radius 2 is 2.07 bits per heavy atom. The lowest BCUT2D eigenvalue weighted by Crippen LogP contribution is -2.41. The van der Waals surface area contributed by atoms with Crippen LogP contribution in [-0.4, -0.2) is 50.4 Å². The number of nitrogens with one attached hydrogen (secondary N) is 1. The molecule has 3 atom stereocenters. The van der Waals surface area contributed by atoms with Gasteiger partial charge < -0.3 is 20.3 Å². The molecule has 0 saturated carbocycles. The zero-order chi connectivity index (χ0) is 20.6. The van der Waals surface area contributed by atoms with Crippen LogP contribution >= 0.6 is 23.2 Å². The number of aromatic nitrogens is 2. The molecule has 3 rings (SSSR count). The van der Waals surface area contributed by atoms with Crippen LogP contribution in [-0.2, 0) is 4.74 Å². The maximum Gasteiger partial charge on any atom is 0.351 e. The highest BCUT2D eigenvalue weighted by atomic mass is 35.5. The Morgan fingerprint density at radius 1 is 1.36 bits per heavy atom. The molecule has 28 heavy (non-hydrogen) atoms. The number of nitrogens with zero attached hydrogens (tertiary/aromatic N) is 2. The van der Waals surface area contributed by atoms with Crippen molar-refractivity contribution in [2.45, 2.75) is 24.4 Å². The molecule has 2 heterocycles. The summed E-state index contributed by atoms with van der Waals surface area (Å²) in [5, 5.41) is 21.3. The molecule has 1 fully saturated rings. The zero-order valence-electron chi connectivity index (χ0n) is 13.9. The minimum Gasteiger partial charge on any atom is -0.394 e. The van der Waals surface area contributed by atoms with Crippen LogP contribution in [0.25, 0.3) is 0 Å². The van der Waals surface area contributed by atoms with Gasteiger partial charge in [0.05, 0.1) is 17.2 Å². The average molecular weight is 436 g/mol. The van der Waals surface area contributed by atoms with Crippen LogP contribution < -0.4 is 11.0 Å². The summed E-state index contributed by atoms with van der Waals surface area (Å²) < 4.78 is 33.6. The molecular weight excluding hydrogens is 423 g/mol. The fourth-order valence-corrected chi connectivity index (χ4v) is 3.13. The van der Waals surface area contributed by atoms with Gasteiger partial charge in [0, 0.05) is 11.2 Å². The van der Waals surface area contributed by atoms with Gasteiger partial charge in [-0.05, 0) is 24.3 Å². The molecule has 1 saturated heterocycles. The third-order valence-electron chi connectivity index (χ3n) is 4.06. The number of hydrogen-bond acceptors (Lipinski definition) is 6. The normalized spacial score (nSPS) is 23.6. The second kappa shape index (κ2) is 7.72. The van der Waals surface area contributed by atoms with Crippen molar-refractivity contribution in [3.05, 3.63) is 56.6 Å². The average Bonchev–Trinajstić information content (AvgIpc) is 2.85. The summed E-state index contributed by atoms with van der Waals surface area (Å²) in [6.07, 6.45) is -5.08. The Bertz CT molecular complexity index is 972. The lowest BCUT2D eigenvalue weighted by Gasteiger charge is -2.21. The van der Waals surface area contributed by atoms with E-state index in [2.05, 4.69) is 10.3 Å². The summed E-state index contributed by atoms with van der Waals surface area (Å²) in [5.74, 6) is -4.73. The Balaban J connectivity index is 1.83. The third-order valence-corrected chi connectivity index (χ3v) is 4.61. The second-order valence-electron chi connectivity index (χ2n) is 5.91. The molecule has 0 unspecified atom stereocenters. The molecule has 12 heteroatoms. The van der Waals surface area contributed by atoms with Gasteiger partial charge in [-0.3, -0.25) is 9.36 Å². The van der Waals surface area contributed by atoms with Crippen LogP contribution in [0.4, 0.5) is 14.6 Å². The predicted molar refractivity (Wildman–Crippen MR) is 94.9 cm³/mol. The number of hydrogen-bond donors (Lipinski definition) is 3. The van der Waals surface area contributed by atoms with Crippen molar-refractivity contribution in [1.29, 1.82) is 0 Å². The number of benzene rings is 1. The predicted octanol–water partition coefficient (Wildman–Crippen LogP) is 1.69. The number of anilines is 1. The number of halogens is 4. The highest BCUT2D eigenvalue weighted by molar-refractivity contribution is 6.37. The molecule has 3 N–H and O–H groups in total. The number of aliphatic hydroxyl groups excluding tert-OH is 2. The molecule has 0 bridgehead atoms. The Morgan fingerprint density at radius 3 is 2.64 bits per heavy atom. The van der Waals surface area contributed by atoms with Gasteiger partial charge >= 0.3 is 11.6 Å². The summed E-state index contributed by atoms with van der Waals surface area (Å²) in [6.45, 7) is -0.856. The van der Waals surface area contributed by atoms with Crippen molar-refractivity contribution >= 4 is 34.9 Å². The summed E-state index contributed by atoms with van der Waals surface area (Å²) in [7, 11) is 0. The minimum atomic E-state index is -3.83. The zero-order valence-corrected chi connectivity index (χ0v) is 15.4. The highest BCUT2D eigenvalue weighted by Gasteiger charge is 2.59. The molecule has 1 aliphatic heterocycles. The number of carbonyl (C=O) groups is 1. The van der Waals surface area contributed by atoms with Crippen LogP contribution in [0.15, 0.2) is 35.3 Å². The first kappa shape index (κ1) is 20.6. The van der Waals surface area contributed by atoms with E-state index in [-0.39, 0.29) is 16.4 Å². The highest BCUT2D eigenvalue weighted by Crippen LogP contribution is 2.41. The summed E-state index contributed by atoms with van der Waals surface area (Å²) in [5.41, 5.74) is -1.09. The molecule has 1 aromatic carbocycles. The number of amides is 1. The Kier molecular flexibility index (Phi) is 5.69. The Labute approximate surface area is 166 Å². The number of ether oxygens (including phenoxy) is 1. The maximum atomic E-state index is 14.1. The molecule has 8 nitrogen and oxygen atoms in total. The quantitative estimate of drug-likeness (QED) is 0.673. The van der Waals surface area contributed by atoms with Gasteiger partial charge in [0.2, 0.25) is 6.23 Å². The van der Waals surface area contributed by atoms with Crippen molar-refractivity contribution < 1.29 is 28.5 Å². The van der Waals surface area contributed by atoms with Crippen LogP contribution in [0.1, 0.15) is 16.6 Å². The van der Waals surface area contributed by atoms with Crippen molar-refractivity contribution in [2.24, 2.45) is 0 Å². The van der Waals surface area contributed by atoms with E-state index in [1.54, 1.807) is 0 Å². The van der Waals surface area contributed by atoms with E-state index in [1.165, 1.54) is 18.2 Å². The molecule has 150 valence electrons. The summed E-state index contributed by atoms with van der Waals surface area (Å²) in [4.78, 5) is 27.9. The molecule has 0 radical (unpaired) electrons. The van der Waals surface area contributed by atoms with Crippen LogP contribution in [0.5, 0.6) is 0 Å². The summed E-state index contributed by atoms with van der Waals surface area (Å²) in [6, 6.07) is 5.26. The molecule has 1 aromatic heterocycles. The van der Waals surface area contributed by atoms with Gasteiger partial charge in [-0.2, -0.15) is 13.8 Å². The lowest BCUT2D eigenvalue weighted by molar-refractivity contribution is -0.140. The van der Waals surface area contributed by atoms with Gasteiger partial charge in [0.1, 0.15) is 11.9 Å². The molecule has 2 aromatic rings. The SMILES string of the molecule is O=C(Nc1ccn([C@@H]2O[C@H](CO)[C@@H](O)C2(F)F)c(=O)n1)c1ccc(Cl)cc1Cl. The fraction of sp³-hybridized carbons (Fsp3) is 0.312. The van der Waals surface area contributed by atoms with E-state index < -0.39 is 42.6 Å². The molecule has 0 aliphatic carbocycles. The van der Waals surface area contributed by atoms with Gasteiger partial charge in [0.15, 0.2) is 6.10 Å². The first-order valence-electron chi connectivity index (χ1n) is 7.83. The van der Waals surface area contributed by atoms with Crippen LogP contribution in [0.2, 0.25) is 10.0 Å². The van der Waals surface area contributed by atoms with E-state index >= 15 is 0 Å². The number of rotatable bonds is 4. The number of carbonyl (C=O) groups excluding carboxylic acids is 1. The first-order chi connectivity index (χ1) is 13.1. The van der Waals surface area contributed by atoms with E-state index in [4.69, 9.17) is 33.0 Å². The third kappa shape index (κ3) is 3.74. The Hall–Kier alpha value is -2.11. The minimum absolute atomic E-state index is 0.0663. The lowest BCUT2D eigenvalue weighted by atomic mass is 10.1. The molecule has 1 amide bonds. The monoisotopic (exact) mass is 435 g/mol. The van der Waals surface area contributed by atoms with Gasteiger partial charge in [-0.15, -0.1) is 0 Å². The van der Waals surface area contributed by atoms with E-state index in [0.717, 1.165) is 12.3 Å². The van der Waals surface area contributed by atoms with Crippen LogP contribution in [0.3, 0.4) is 0 Å². The number of alkyl halides is 2. The topological polar surface area (TPSA) is 114 Å². The van der Waals surface area contributed by atoms with Gasteiger partial charge in [-0.1, -0.05) is 23.2 Å². The standard InChI is InChI=1S/C16H13Cl2F2N3O5/c17-7-1-2-8(9(18)5-7)13(26)21-11-3-4-23(15(27)22-11)14-16(19,20)12(25)10(6-24)28-14/h1-5,10,12,14,24-25H,6H2,(H,21,22,26,27)/t10-,12-,14-/m1/s1. The van der Waals surface area contributed by atoms with Crippen LogP contribution in [0, 0.1) is 0 Å². The first-order valence-corrected chi connectivity index (χ1v) is 8.58. The van der Waals surface area contributed by atoms with E-state index in [9.17, 15) is 23.5 Å². The smallest absolute Gasteiger partial charge is 0.351 e. The van der Waals surface area contributed by atoms with Crippen molar-refractivity contribution in [2.75, 3.05) is 11.9 Å². The summed E-state index contributed by atoms with van der Waals surface area (Å²) >= 11 is 11.7. The fourth-order valence-electron chi connectivity index (χ4n) is 2.64. The maximum absolute atomic E-state index is 14.1. The van der Waals surface area contributed by atoms with Crippen molar-refractivity contribution in [3.8, 4) is 0 Å². The molecule has 1 aliphatic rings.